The molecule has 0 fully saturated rings. The van der Waals surface area contributed by atoms with Crippen molar-refractivity contribution in [2.45, 2.75) is 24.3 Å². The molecule has 2 aromatic rings. The minimum atomic E-state index is -4.90. The van der Waals surface area contributed by atoms with Gasteiger partial charge in [-0.3, -0.25) is 0 Å². The van der Waals surface area contributed by atoms with Gasteiger partial charge in [-0.25, -0.2) is 13.5 Å². The third-order valence-electron chi connectivity index (χ3n) is 3.16. The van der Waals surface area contributed by atoms with E-state index in [1.165, 1.54) is 0 Å². The first kappa shape index (κ1) is 18.6. The Kier molecular flexibility index (Phi) is 5.74. The fourth-order valence-electron chi connectivity index (χ4n) is 2.11. The molecule has 0 aromatic heterocycles. The molecule has 0 heterocycles. The predicted molar refractivity (Wildman–Crippen MR) is 80.2 cm³/mol. The fraction of sp³-hybridized carbons (Fsp3) is 0.200. The van der Waals surface area contributed by atoms with Crippen molar-refractivity contribution in [3.05, 3.63) is 58.1 Å². The van der Waals surface area contributed by atoms with Crippen LogP contribution in [0, 0.1) is 0 Å². The Balaban J connectivity index is 2.60. The van der Waals surface area contributed by atoms with E-state index in [9.17, 15) is 26.7 Å². The van der Waals surface area contributed by atoms with Gasteiger partial charge >= 0.3 is 6.18 Å². The number of ether oxygens (including phenoxy) is 1. The summed E-state index contributed by atoms with van der Waals surface area (Å²) < 4.78 is 67.4. The lowest BCUT2D eigenvalue weighted by atomic mass is 10.1. The lowest BCUT2D eigenvalue weighted by Crippen LogP contribution is -2.13. The Morgan fingerprint density at radius 1 is 1.12 bits per heavy atom. The molecule has 0 aliphatic carbocycles. The monoisotopic (exact) mass is 379 g/mol. The molecule has 0 N–H and O–H groups in total. The highest BCUT2D eigenvalue weighted by molar-refractivity contribution is 7.72. The Hall–Kier alpha value is -1.77. The molecule has 129 valence electrons. The molecule has 0 spiro atoms. The Morgan fingerprint density at radius 3 is 2.25 bits per heavy atom. The van der Waals surface area contributed by atoms with Gasteiger partial charge in [0.25, 0.3) is 0 Å². The van der Waals surface area contributed by atoms with Crippen LogP contribution in [-0.4, -0.2) is 8.42 Å². The maximum atomic E-state index is 13.3. The van der Waals surface area contributed by atoms with Gasteiger partial charge in [0.2, 0.25) is 0 Å². The van der Waals surface area contributed by atoms with E-state index in [2.05, 4.69) is 0 Å². The molecule has 0 atom stereocenters. The first-order chi connectivity index (χ1) is 11.3. The maximum absolute atomic E-state index is 13.3. The van der Waals surface area contributed by atoms with Crippen molar-refractivity contribution in [1.29, 1.82) is 0 Å². The van der Waals surface area contributed by atoms with Crippen LogP contribution in [0.4, 0.5) is 13.2 Å². The van der Waals surface area contributed by atoms with Crippen molar-refractivity contribution in [1.82, 2.24) is 0 Å². The summed E-state index contributed by atoms with van der Waals surface area (Å²) in [5, 5.41) is 10.5. The quantitative estimate of drug-likeness (QED) is 0.803. The number of alkyl halides is 3. The Bertz CT molecular complexity index is 797. The zero-order valence-electron chi connectivity index (χ0n) is 12.0. The molecular weight excluding hydrogens is 369 g/mol. The second-order valence-electron chi connectivity index (χ2n) is 4.73. The number of hydrogen-bond acceptors (Lipinski definition) is 3. The van der Waals surface area contributed by atoms with Crippen molar-refractivity contribution < 1.29 is 31.4 Å². The van der Waals surface area contributed by atoms with E-state index < -0.39 is 50.3 Å². The van der Waals surface area contributed by atoms with Crippen LogP contribution in [0.25, 0.3) is 0 Å². The summed E-state index contributed by atoms with van der Waals surface area (Å²) in [4.78, 5) is -0.568. The predicted octanol–water partition coefficient (Wildman–Crippen LogP) is 3.84. The largest absolute Gasteiger partial charge is 0.488 e. The standard InChI is InChI=1S/C15H11ClF3O4S/c16-11-6-12(24(21)22)10(7-20)14(13(11)15(17,18)19)23-8-9-4-2-1-3-5-9/h1-6,24H,7-8H2. The third-order valence-corrected chi connectivity index (χ3v) is 4.25. The van der Waals surface area contributed by atoms with Crippen molar-refractivity contribution >= 4 is 22.3 Å². The summed E-state index contributed by atoms with van der Waals surface area (Å²) in [5.41, 5.74) is -1.39. The van der Waals surface area contributed by atoms with Gasteiger partial charge in [-0.15, -0.1) is 0 Å². The zero-order valence-corrected chi connectivity index (χ0v) is 13.6. The molecule has 0 aliphatic rings. The van der Waals surface area contributed by atoms with Crippen LogP contribution in [0.15, 0.2) is 41.3 Å². The Labute approximate surface area is 142 Å². The van der Waals surface area contributed by atoms with Crippen LogP contribution in [0.1, 0.15) is 16.7 Å². The molecule has 2 rings (SSSR count). The van der Waals surface area contributed by atoms with Crippen molar-refractivity contribution in [2.24, 2.45) is 0 Å². The van der Waals surface area contributed by atoms with E-state index in [1.54, 1.807) is 30.3 Å². The van der Waals surface area contributed by atoms with E-state index >= 15 is 0 Å². The summed E-state index contributed by atoms with van der Waals surface area (Å²) >= 11 is 5.60. The molecule has 9 heteroatoms. The van der Waals surface area contributed by atoms with Crippen LogP contribution in [-0.2, 0) is 35.2 Å². The molecule has 0 saturated carbocycles. The molecule has 1 radical (unpaired) electrons. The molecule has 24 heavy (non-hydrogen) atoms. The van der Waals surface area contributed by atoms with E-state index in [0.717, 1.165) is 0 Å². The van der Waals surface area contributed by atoms with E-state index in [1.807, 2.05) is 0 Å². The van der Waals surface area contributed by atoms with Crippen LogP contribution in [0.2, 0.25) is 5.02 Å². The van der Waals surface area contributed by atoms with E-state index in [4.69, 9.17) is 16.3 Å². The minimum Gasteiger partial charge on any atom is -0.488 e. The van der Waals surface area contributed by atoms with E-state index in [0.29, 0.717) is 11.6 Å². The minimum absolute atomic E-state index is 0.271. The highest BCUT2D eigenvalue weighted by Crippen LogP contribution is 2.45. The van der Waals surface area contributed by atoms with Gasteiger partial charge in [-0.1, -0.05) is 41.9 Å². The lowest BCUT2D eigenvalue weighted by molar-refractivity contribution is -0.139. The van der Waals surface area contributed by atoms with Gasteiger partial charge < -0.3 is 4.74 Å². The SMILES string of the molecule is [O]Cc1c([SH](=O)=O)cc(Cl)c(C(F)(F)F)c1OCc1ccccc1. The molecule has 4 nitrogen and oxygen atoms in total. The van der Waals surface area contributed by atoms with Gasteiger partial charge in [0.15, 0.2) is 10.7 Å². The average Bonchev–Trinajstić information content (AvgIpc) is 2.51. The second-order valence-corrected chi connectivity index (χ2v) is 6.14. The zero-order chi connectivity index (χ0) is 17.9. The van der Waals surface area contributed by atoms with Gasteiger partial charge in [0.1, 0.15) is 24.5 Å². The number of benzene rings is 2. The lowest BCUT2D eigenvalue weighted by Gasteiger charge is -2.19. The smallest absolute Gasteiger partial charge is 0.421 e. The molecule has 0 saturated heterocycles. The summed E-state index contributed by atoms with van der Waals surface area (Å²) in [7, 11) is -3.30. The molecule has 0 aliphatic heterocycles. The van der Waals surface area contributed by atoms with Crippen LogP contribution < -0.4 is 4.74 Å². The topological polar surface area (TPSA) is 63.3 Å². The highest BCUT2D eigenvalue weighted by atomic mass is 35.5. The van der Waals surface area contributed by atoms with Crippen molar-refractivity contribution in [3.8, 4) is 5.75 Å². The third kappa shape index (κ3) is 4.00. The summed E-state index contributed by atoms with van der Waals surface area (Å²) in [6, 6.07) is 8.89. The van der Waals surface area contributed by atoms with Gasteiger partial charge in [0, 0.05) is 5.56 Å². The molecular formula is C15H11ClF3O4S. The van der Waals surface area contributed by atoms with Crippen LogP contribution >= 0.6 is 11.6 Å². The number of halogens is 4. The van der Waals surface area contributed by atoms with Gasteiger partial charge in [-0.2, -0.15) is 13.2 Å². The molecule has 0 unspecified atom stereocenters. The summed E-state index contributed by atoms with van der Waals surface area (Å²) in [6.07, 6.45) is -4.90. The highest BCUT2D eigenvalue weighted by Gasteiger charge is 2.39. The number of rotatable bonds is 5. The fourth-order valence-corrected chi connectivity index (χ4v) is 3.11. The summed E-state index contributed by atoms with van der Waals surface area (Å²) in [6.45, 7) is -1.46. The molecule has 0 amide bonds. The summed E-state index contributed by atoms with van der Waals surface area (Å²) in [5.74, 6) is -0.844. The van der Waals surface area contributed by atoms with Crippen molar-refractivity contribution in [3.63, 3.8) is 0 Å². The van der Waals surface area contributed by atoms with Gasteiger partial charge in [0.05, 0.1) is 9.92 Å². The van der Waals surface area contributed by atoms with E-state index in [-0.39, 0.29) is 6.61 Å². The number of thiol groups is 1. The van der Waals surface area contributed by atoms with Crippen LogP contribution in [0.5, 0.6) is 5.75 Å². The molecule has 0 bridgehead atoms. The number of hydrogen-bond donors (Lipinski definition) is 1. The Morgan fingerprint density at radius 2 is 1.75 bits per heavy atom. The molecule has 2 aromatic carbocycles. The van der Waals surface area contributed by atoms with Crippen molar-refractivity contribution in [2.75, 3.05) is 0 Å². The first-order valence-electron chi connectivity index (χ1n) is 6.57. The average molecular weight is 380 g/mol. The van der Waals surface area contributed by atoms with Gasteiger partial charge in [-0.05, 0) is 11.6 Å². The van der Waals surface area contributed by atoms with Crippen LogP contribution in [0.3, 0.4) is 0 Å². The normalized spacial score (nSPS) is 11.8. The second kappa shape index (κ2) is 7.42. The maximum Gasteiger partial charge on any atom is 0.421 e. The first-order valence-corrected chi connectivity index (χ1v) is 8.13.